The molecule has 1 heterocycles. The summed E-state index contributed by atoms with van der Waals surface area (Å²) in [4.78, 5) is 15.9. The highest BCUT2D eigenvalue weighted by atomic mass is 16.1. The molecule has 0 unspecified atom stereocenters. The van der Waals surface area contributed by atoms with Crippen LogP contribution < -0.4 is 11.1 Å². The largest absolute Gasteiger partial charge is 0.351 e. The van der Waals surface area contributed by atoms with Gasteiger partial charge in [0.15, 0.2) is 0 Å². The zero-order chi connectivity index (χ0) is 12.5. The van der Waals surface area contributed by atoms with Crippen molar-refractivity contribution < 1.29 is 4.79 Å². The smallest absolute Gasteiger partial charge is 0.271 e. The normalized spacial score (nSPS) is 9.29. The molecule has 90 valence electrons. The number of carbonyl (C=O) groups is 1. The molecule has 3 N–H and O–H groups in total. The predicted octanol–water partition coefficient (Wildman–Crippen LogP) is 0.922. The summed E-state index contributed by atoms with van der Waals surface area (Å²) in [6.07, 6.45) is 3.59. The highest BCUT2D eigenvalue weighted by Gasteiger charge is 2.10. The van der Waals surface area contributed by atoms with Gasteiger partial charge in [0, 0.05) is 12.7 Å². The minimum absolute atomic E-state index is 0.180. The van der Waals surface area contributed by atoms with Crippen molar-refractivity contribution in [3.63, 3.8) is 0 Å². The van der Waals surface area contributed by atoms with Gasteiger partial charge in [0.2, 0.25) is 0 Å². The Balaban J connectivity index is 2.78. The third-order valence-corrected chi connectivity index (χ3v) is 2.16. The van der Waals surface area contributed by atoms with Crippen LogP contribution in [-0.4, -0.2) is 24.0 Å². The van der Waals surface area contributed by atoms with E-state index in [1.54, 1.807) is 18.3 Å². The zero-order valence-electron chi connectivity index (χ0n) is 9.99. The Bertz CT molecular complexity index is 432. The Morgan fingerprint density at radius 3 is 3.12 bits per heavy atom. The summed E-state index contributed by atoms with van der Waals surface area (Å²) in [5.41, 5.74) is 6.29. The first-order valence-electron chi connectivity index (χ1n) is 5.71. The number of hydrogen-bond acceptors (Lipinski definition) is 3. The van der Waals surface area contributed by atoms with E-state index in [0.717, 1.165) is 12.8 Å². The predicted molar refractivity (Wildman–Crippen MR) is 67.4 cm³/mol. The van der Waals surface area contributed by atoms with Crippen LogP contribution >= 0.6 is 0 Å². The van der Waals surface area contributed by atoms with Crippen LogP contribution in [0.3, 0.4) is 0 Å². The van der Waals surface area contributed by atoms with Crippen molar-refractivity contribution in [3.8, 4) is 11.8 Å². The van der Waals surface area contributed by atoms with Crippen molar-refractivity contribution in [2.45, 2.75) is 19.8 Å². The van der Waals surface area contributed by atoms with Crippen molar-refractivity contribution in [3.05, 3.63) is 29.6 Å². The van der Waals surface area contributed by atoms with Crippen molar-refractivity contribution >= 4 is 5.91 Å². The molecule has 0 aliphatic heterocycles. The summed E-state index contributed by atoms with van der Waals surface area (Å²) in [5.74, 6) is 5.39. The van der Waals surface area contributed by atoms with Crippen molar-refractivity contribution in [1.29, 1.82) is 0 Å². The average Bonchev–Trinajstić information content (AvgIpc) is 2.37. The summed E-state index contributed by atoms with van der Waals surface area (Å²) < 4.78 is 0. The third-order valence-electron chi connectivity index (χ3n) is 2.16. The van der Waals surface area contributed by atoms with Crippen LogP contribution in [0.5, 0.6) is 0 Å². The molecular formula is C13H17N3O. The fraction of sp³-hybridized carbons (Fsp3) is 0.385. The van der Waals surface area contributed by atoms with Crippen LogP contribution in [-0.2, 0) is 0 Å². The van der Waals surface area contributed by atoms with Gasteiger partial charge in [0.05, 0.1) is 12.1 Å². The van der Waals surface area contributed by atoms with E-state index in [4.69, 9.17) is 5.73 Å². The van der Waals surface area contributed by atoms with Gasteiger partial charge in [0.25, 0.3) is 5.91 Å². The van der Waals surface area contributed by atoms with Gasteiger partial charge < -0.3 is 11.1 Å². The molecule has 0 aromatic carbocycles. The SMILES string of the molecule is CCCCNC(=O)c1ncccc1C#CCN. The molecule has 0 saturated heterocycles. The molecule has 1 rings (SSSR count). The number of nitrogens with one attached hydrogen (secondary N) is 1. The number of pyridine rings is 1. The number of unbranched alkanes of at least 4 members (excludes halogenated alkanes) is 1. The van der Waals surface area contributed by atoms with E-state index in [1.807, 2.05) is 0 Å². The topological polar surface area (TPSA) is 68.0 Å². The standard InChI is InChI=1S/C13H17N3O/c1-2-3-9-16-13(17)12-11(6-4-8-14)7-5-10-15-12/h5,7,10H,2-3,8-9,14H2,1H3,(H,16,17). The summed E-state index contributed by atoms with van der Waals surface area (Å²) in [6.45, 7) is 3.01. The van der Waals surface area contributed by atoms with E-state index in [0.29, 0.717) is 17.8 Å². The first-order chi connectivity index (χ1) is 8.29. The quantitative estimate of drug-likeness (QED) is 0.598. The molecule has 0 aliphatic rings. The minimum Gasteiger partial charge on any atom is -0.351 e. The van der Waals surface area contributed by atoms with Gasteiger partial charge in [0.1, 0.15) is 5.69 Å². The Labute approximate surface area is 102 Å². The zero-order valence-corrected chi connectivity index (χ0v) is 9.99. The summed E-state index contributed by atoms with van der Waals surface area (Å²) in [7, 11) is 0. The fourth-order valence-electron chi connectivity index (χ4n) is 1.30. The van der Waals surface area contributed by atoms with Crippen LogP contribution in [0, 0.1) is 11.8 Å². The highest BCUT2D eigenvalue weighted by Crippen LogP contribution is 2.03. The van der Waals surface area contributed by atoms with E-state index in [1.165, 1.54) is 0 Å². The third kappa shape index (κ3) is 4.25. The second-order valence-corrected chi connectivity index (χ2v) is 3.51. The van der Waals surface area contributed by atoms with Gasteiger partial charge in [-0.25, -0.2) is 4.98 Å². The number of hydrogen-bond donors (Lipinski definition) is 2. The molecule has 17 heavy (non-hydrogen) atoms. The summed E-state index contributed by atoms with van der Waals surface area (Å²) >= 11 is 0. The Morgan fingerprint density at radius 1 is 1.59 bits per heavy atom. The molecule has 0 spiro atoms. The van der Waals surface area contributed by atoms with E-state index < -0.39 is 0 Å². The van der Waals surface area contributed by atoms with Gasteiger partial charge in [-0.05, 0) is 18.6 Å². The Kier molecular flexibility index (Phi) is 5.76. The minimum atomic E-state index is -0.180. The van der Waals surface area contributed by atoms with E-state index in [2.05, 4.69) is 29.1 Å². The molecule has 1 amide bonds. The summed E-state index contributed by atoms with van der Waals surface area (Å²) in [5, 5.41) is 2.82. The second-order valence-electron chi connectivity index (χ2n) is 3.51. The molecule has 4 heteroatoms. The first kappa shape index (κ1) is 13.2. The molecule has 1 aromatic heterocycles. The fourth-order valence-corrected chi connectivity index (χ4v) is 1.30. The molecule has 0 bridgehead atoms. The molecule has 1 aromatic rings. The highest BCUT2D eigenvalue weighted by molar-refractivity contribution is 5.94. The van der Waals surface area contributed by atoms with Crippen LogP contribution in [0.4, 0.5) is 0 Å². The number of nitrogens with zero attached hydrogens (tertiary/aromatic N) is 1. The lowest BCUT2D eigenvalue weighted by molar-refractivity contribution is 0.0948. The van der Waals surface area contributed by atoms with Gasteiger partial charge in [-0.15, -0.1) is 0 Å². The second kappa shape index (κ2) is 7.42. The lowest BCUT2D eigenvalue weighted by Gasteiger charge is -2.04. The maximum atomic E-state index is 11.8. The van der Waals surface area contributed by atoms with Gasteiger partial charge in [-0.1, -0.05) is 25.2 Å². The van der Waals surface area contributed by atoms with Gasteiger partial charge >= 0.3 is 0 Å². The number of rotatable bonds is 4. The van der Waals surface area contributed by atoms with Gasteiger partial charge in [-0.2, -0.15) is 0 Å². The van der Waals surface area contributed by atoms with E-state index in [-0.39, 0.29) is 12.5 Å². The van der Waals surface area contributed by atoms with Crippen LogP contribution in [0.25, 0.3) is 0 Å². The molecule has 0 saturated carbocycles. The van der Waals surface area contributed by atoms with Gasteiger partial charge in [-0.3, -0.25) is 4.79 Å². The maximum Gasteiger partial charge on any atom is 0.271 e. The first-order valence-corrected chi connectivity index (χ1v) is 5.71. The number of nitrogens with two attached hydrogens (primary N) is 1. The number of amides is 1. The van der Waals surface area contributed by atoms with Crippen LogP contribution in [0.15, 0.2) is 18.3 Å². The lowest BCUT2D eigenvalue weighted by atomic mass is 10.2. The number of aromatic nitrogens is 1. The molecule has 0 atom stereocenters. The average molecular weight is 231 g/mol. The van der Waals surface area contributed by atoms with Crippen molar-refractivity contribution in [1.82, 2.24) is 10.3 Å². The number of carbonyl (C=O) groups excluding carboxylic acids is 1. The lowest BCUT2D eigenvalue weighted by Crippen LogP contribution is -2.26. The Hall–Kier alpha value is -1.86. The molecule has 4 nitrogen and oxygen atoms in total. The molecule has 0 fully saturated rings. The van der Waals surface area contributed by atoms with E-state index in [9.17, 15) is 4.79 Å². The van der Waals surface area contributed by atoms with Crippen molar-refractivity contribution in [2.75, 3.05) is 13.1 Å². The molecule has 0 radical (unpaired) electrons. The van der Waals surface area contributed by atoms with E-state index >= 15 is 0 Å². The molecule has 0 aliphatic carbocycles. The van der Waals surface area contributed by atoms with Crippen molar-refractivity contribution in [2.24, 2.45) is 5.73 Å². The molecular weight excluding hydrogens is 214 g/mol. The summed E-state index contributed by atoms with van der Waals surface area (Å²) in [6, 6.07) is 3.52. The van der Waals surface area contributed by atoms with Crippen LogP contribution in [0.2, 0.25) is 0 Å². The van der Waals surface area contributed by atoms with Crippen LogP contribution in [0.1, 0.15) is 35.8 Å². The maximum absolute atomic E-state index is 11.8. The Morgan fingerprint density at radius 2 is 2.41 bits per heavy atom. The monoisotopic (exact) mass is 231 g/mol.